The number of alkyl halides is 2. The lowest BCUT2D eigenvalue weighted by molar-refractivity contribution is 0.0524. The van der Waals surface area contributed by atoms with Crippen molar-refractivity contribution in [2.75, 3.05) is 6.61 Å². The first-order valence-electron chi connectivity index (χ1n) is 4.17. The summed E-state index contributed by atoms with van der Waals surface area (Å²) >= 11 is 3.01. The third kappa shape index (κ3) is 2.95. The van der Waals surface area contributed by atoms with Crippen molar-refractivity contribution >= 4 is 21.9 Å². The van der Waals surface area contributed by atoms with Crippen LogP contribution < -0.4 is 0 Å². The number of ether oxygens (including phenoxy) is 1. The summed E-state index contributed by atoms with van der Waals surface area (Å²) in [7, 11) is 0. The number of aromatic nitrogens is 1. The summed E-state index contributed by atoms with van der Waals surface area (Å²) in [6.45, 7) is 1.88. The minimum atomic E-state index is -2.66. The summed E-state index contributed by atoms with van der Waals surface area (Å²) in [5, 5.41) is 0. The first-order chi connectivity index (χ1) is 7.06. The second kappa shape index (κ2) is 5.16. The van der Waals surface area contributed by atoms with Crippen molar-refractivity contribution in [1.29, 1.82) is 0 Å². The van der Waals surface area contributed by atoms with Crippen LogP contribution in [0, 0.1) is 0 Å². The standard InChI is InChI=1S/C9H8BrF2NO2/c1-2-15-9(14)5-4-13-7(8(11)12)3-6(5)10/h3-4,8H,2H2,1H3. The van der Waals surface area contributed by atoms with E-state index in [4.69, 9.17) is 4.74 Å². The van der Waals surface area contributed by atoms with Crippen molar-refractivity contribution in [3.63, 3.8) is 0 Å². The lowest BCUT2D eigenvalue weighted by Crippen LogP contribution is -2.07. The molecule has 0 saturated carbocycles. The van der Waals surface area contributed by atoms with Crippen LogP contribution in [-0.2, 0) is 4.74 Å². The third-order valence-corrected chi connectivity index (χ3v) is 2.25. The Bertz CT molecular complexity index is 371. The van der Waals surface area contributed by atoms with Crippen LogP contribution >= 0.6 is 15.9 Å². The maximum Gasteiger partial charge on any atom is 0.340 e. The molecule has 0 aromatic carbocycles. The van der Waals surface area contributed by atoms with Gasteiger partial charge in [-0.05, 0) is 28.9 Å². The highest BCUT2D eigenvalue weighted by Crippen LogP contribution is 2.23. The second-order valence-corrected chi connectivity index (χ2v) is 3.46. The van der Waals surface area contributed by atoms with Gasteiger partial charge < -0.3 is 4.74 Å². The van der Waals surface area contributed by atoms with E-state index in [1.165, 1.54) is 0 Å². The van der Waals surface area contributed by atoms with Gasteiger partial charge in [-0.25, -0.2) is 13.6 Å². The zero-order chi connectivity index (χ0) is 11.4. The summed E-state index contributed by atoms with van der Waals surface area (Å²) in [4.78, 5) is 14.7. The average Bonchev–Trinajstić information content (AvgIpc) is 2.17. The molecule has 0 atom stereocenters. The molecule has 0 unspecified atom stereocenters. The summed E-state index contributed by atoms with van der Waals surface area (Å²) < 4.78 is 29.4. The summed E-state index contributed by atoms with van der Waals surface area (Å²) in [5.41, 5.74) is -0.240. The normalized spacial score (nSPS) is 10.5. The van der Waals surface area contributed by atoms with E-state index in [0.717, 1.165) is 12.3 Å². The van der Waals surface area contributed by atoms with E-state index in [9.17, 15) is 13.6 Å². The van der Waals surface area contributed by atoms with Gasteiger partial charge in [0.15, 0.2) is 0 Å². The highest BCUT2D eigenvalue weighted by molar-refractivity contribution is 9.10. The molecule has 0 aliphatic carbocycles. The van der Waals surface area contributed by atoms with Crippen molar-refractivity contribution in [2.24, 2.45) is 0 Å². The van der Waals surface area contributed by atoms with E-state index < -0.39 is 12.4 Å². The number of pyridine rings is 1. The molecule has 0 bridgehead atoms. The van der Waals surface area contributed by atoms with Gasteiger partial charge in [0, 0.05) is 10.7 Å². The fourth-order valence-corrected chi connectivity index (χ4v) is 1.42. The van der Waals surface area contributed by atoms with Gasteiger partial charge in [-0.15, -0.1) is 0 Å². The SMILES string of the molecule is CCOC(=O)c1cnc(C(F)F)cc1Br. The zero-order valence-corrected chi connectivity index (χ0v) is 9.42. The van der Waals surface area contributed by atoms with Gasteiger partial charge in [0.1, 0.15) is 5.69 Å². The molecule has 0 saturated heterocycles. The van der Waals surface area contributed by atoms with Gasteiger partial charge in [-0.2, -0.15) is 0 Å². The molecule has 0 aliphatic heterocycles. The molecule has 15 heavy (non-hydrogen) atoms. The molecule has 82 valence electrons. The summed E-state index contributed by atoms with van der Waals surface area (Å²) in [6, 6.07) is 1.11. The van der Waals surface area contributed by atoms with Gasteiger partial charge in [0.05, 0.1) is 12.2 Å². The predicted molar refractivity (Wildman–Crippen MR) is 52.9 cm³/mol. The molecule has 0 amide bonds. The Hall–Kier alpha value is -1.04. The molecular formula is C9H8BrF2NO2. The molecule has 0 spiro atoms. The molecule has 0 N–H and O–H groups in total. The van der Waals surface area contributed by atoms with Crippen LogP contribution in [0.1, 0.15) is 29.4 Å². The highest BCUT2D eigenvalue weighted by Gasteiger charge is 2.15. The minimum absolute atomic E-state index is 0.140. The first-order valence-corrected chi connectivity index (χ1v) is 4.96. The van der Waals surface area contributed by atoms with E-state index in [0.29, 0.717) is 0 Å². The molecule has 1 aromatic heterocycles. The Morgan fingerprint density at radius 2 is 2.33 bits per heavy atom. The number of nitrogens with zero attached hydrogens (tertiary/aromatic N) is 1. The Labute approximate surface area is 93.6 Å². The van der Waals surface area contributed by atoms with Gasteiger partial charge in [-0.1, -0.05) is 0 Å². The number of carbonyl (C=O) groups is 1. The molecule has 6 heteroatoms. The van der Waals surface area contributed by atoms with Crippen molar-refractivity contribution in [2.45, 2.75) is 13.3 Å². The van der Waals surface area contributed by atoms with Crippen molar-refractivity contribution in [3.05, 3.63) is 28.0 Å². The molecule has 0 radical (unpaired) electrons. The van der Waals surface area contributed by atoms with Crippen molar-refractivity contribution in [3.8, 4) is 0 Å². The van der Waals surface area contributed by atoms with Gasteiger partial charge in [0.25, 0.3) is 6.43 Å². The van der Waals surface area contributed by atoms with Crippen LogP contribution in [0.25, 0.3) is 0 Å². The van der Waals surface area contributed by atoms with E-state index in [2.05, 4.69) is 20.9 Å². The number of carbonyl (C=O) groups excluding carboxylic acids is 1. The maximum atomic E-state index is 12.2. The lowest BCUT2D eigenvalue weighted by atomic mass is 10.2. The molecule has 1 rings (SSSR count). The molecule has 1 aromatic rings. The fourth-order valence-electron chi connectivity index (χ4n) is 0.924. The smallest absolute Gasteiger partial charge is 0.340 e. The Morgan fingerprint density at radius 1 is 1.67 bits per heavy atom. The topological polar surface area (TPSA) is 39.2 Å². The van der Waals surface area contributed by atoms with Crippen LogP contribution in [0.4, 0.5) is 8.78 Å². The number of hydrogen-bond acceptors (Lipinski definition) is 3. The zero-order valence-electron chi connectivity index (χ0n) is 7.84. The Morgan fingerprint density at radius 3 is 2.80 bits per heavy atom. The van der Waals surface area contributed by atoms with Crippen LogP contribution in [0.5, 0.6) is 0 Å². The van der Waals surface area contributed by atoms with E-state index >= 15 is 0 Å². The van der Waals surface area contributed by atoms with E-state index in [1.54, 1.807) is 6.92 Å². The lowest BCUT2D eigenvalue weighted by Gasteiger charge is -2.05. The van der Waals surface area contributed by atoms with Gasteiger partial charge in [-0.3, -0.25) is 4.98 Å². The molecule has 0 fully saturated rings. The maximum absolute atomic E-state index is 12.2. The fraction of sp³-hybridized carbons (Fsp3) is 0.333. The third-order valence-electron chi connectivity index (χ3n) is 1.59. The summed E-state index contributed by atoms with van der Waals surface area (Å²) in [6.07, 6.45) is -1.58. The monoisotopic (exact) mass is 279 g/mol. The Kier molecular flexibility index (Phi) is 4.14. The average molecular weight is 280 g/mol. The highest BCUT2D eigenvalue weighted by atomic mass is 79.9. The number of hydrogen-bond donors (Lipinski definition) is 0. The van der Waals surface area contributed by atoms with Gasteiger partial charge >= 0.3 is 5.97 Å². The van der Waals surface area contributed by atoms with Gasteiger partial charge in [0.2, 0.25) is 0 Å². The first kappa shape index (κ1) is 12.0. The number of rotatable bonds is 3. The largest absolute Gasteiger partial charge is 0.462 e. The number of esters is 1. The van der Waals surface area contributed by atoms with Crippen molar-refractivity contribution in [1.82, 2.24) is 4.98 Å². The summed E-state index contributed by atoms with van der Waals surface area (Å²) in [5.74, 6) is -0.585. The second-order valence-electron chi connectivity index (χ2n) is 2.61. The quantitative estimate of drug-likeness (QED) is 0.799. The predicted octanol–water partition coefficient (Wildman–Crippen LogP) is 2.96. The van der Waals surface area contributed by atoms with Crippen LogP contribution in [0.15, 0.2) is 16.7 Å². The van der Waals surface area contributed by atoms with E-state index in [-0.39, 0.29) is 22.3 Å². The van der Waals surface area contributed by atoms with Crippen LogP contribution in [0.2, 0.25) is 0 Å². The molecule has 1 heterocycles. The number of halogens is 3. The van der Waals surface area contributed by atoms with Crippen molar-refractivity contribution < 1.29 is 18.3 Å². The van der Waals surface area contributed by atoms with Crippen LogP contribution in [-0.4, -0.2) is 17.6 Å². The molecular weight excluding hydrogens is 272 g/mol. The van der Waals surface area contributed by atoms with E-state index in [1.807, 2.05) is 0 Å². The minimum Gasteiger partial charge on any atom is -0.462 e. The van der Waals surface area contributed by atoms with Crippen LogP contribution in [0.3, 0.4) is 0 Å². The Balaban J connectivity index is 2.98. The molecule has 0 aliphatic rings. The molecule has 3 nitrogen and oxygen atoms in total.